The van der Waals surface area contributed by atoms with E-state index in [1.165, 1.54) is 0 Å². The minimum atomic E-state index is -0.143. The Morgan fingerprint density at radius 2 is 1.69 bits per heavy atom. The van der Waals surface area contributed by atoms with Gasteiger partial charge in [0.2, 0.25) is 0 Å². The fourth-order valence-corrected chi connectivity index (χ4v) is 4.75. The molecule has 0 saturated heterocycles. The average molecular weight is 550 g/mol. The van der Waals surface area contributed by atoms with Gasteiger partial charge in [-0.25, -0.2) is 4.98 Å². The lowest BCUT2D eigenvalue weighted by molar-refractivity contribution is 0.0952. The van der Waals surface area contributed by atoms with E-state index in [1.54, 1.807) is 32.4 Å². The van der Waals surface area contributed by atoms with Gasteiger partial charge in [0.25, 0.3) is 5.91 Å². The smallest absolute Gasteiger partial charge is 0.251 e. The molecule has 0 aliphatic carbocycles. The van der Waals surface area contributed by atoms with Gasteiger partial charge in [-0.2, -0.15) is 0 Å². The van der Waals surface area contributed by atoms with E-state index in [9.17, 15) is 4.79 Å². The molecule has 0 atom stereocenters. The molecule has 1 aromatic heterocycles. The standard InChI is InChI=1S/C31H36ClN3O4/c1-21-18-24(19-22(2)30(21)32)39-17-8-7-16-35-26-11-6-5-10-25(26)34-29(35)12-9-15-33-31(36)23-13-14-27(37-3)28(20-23)38-4/h5-6,10-11,13-14,18-20H,7-9,12,15-17H2,1-4H3,(H,33,36). The second-order valence-corrected chi connectivity index (χ2v) is 9.90. The van der Waals surface area contributed by atoms with E-state index < -0.39 is 0 Å². The Labute approximate surface area is 235 Å². The summed E-state index contributed by atoms with van der Waals surface area (Å²) >= 11 is 6.27. The van der Waals surface area contributed by atoms with Crippen molar-refractivity contribution in [1.82, 2.24) is 14.9 Å². The Morgan fingerprint density at radius 3 is 2.44 bits per heavy atom. The lowest BCUT2D eigenvalue weighted by atomic mass is 10.1. The quantitative estimate of drug-likeness (QED) is 0.191. The molecule has 0 spiro atoms. The van der Waals surface area contributed by atoms with E-state index in [4.69, 9.17) is 30.8 Å². The first kappa shape index (κ1) is 28.3. The number of unbranched alkanes of at least 4 members (excludes halogenated alkanes) is 1. The Kier molecular flexibility index (Phi) is 9.71. The van der Waals surface area contributed by atoms with Crippen molar-refractivity contribution in [2.75, 3.05) is 27.4 Å². The summed E-state index contributed by atoms with van der Waals surface area (Å²) < 4.78 is 18.8. The summed E-state index contributed by atoms with van der Waals surface area (Å²) in [6, 6.07) is 17.3. The van der Waals surface area contributed by atoms with Gasteiger partial charge in [-0.1, -0.05) is 23.7 Å². The third kappa shape index (κ3) is 7.03. The van der Waals surface area contributed by atoms with Crippen LogP contribution in [-0.2, 0) is 13.0 Å². The van der Waals surface area contributed by atoms with Crippen LogP contribution in [0.15, 0.2) is 54.6 Å². The van der Waals surface area contributed by atoms with Crippen LogP contribution in [-0.4, -0.2) is 42.8 Å². The first-order chi connectivity index (χ1) is 18.9. The topological polar surface area (TPSA) is 74.6 Å². The minimum Gasteiger partial charge on any atom is -0.494 e. The summed E-state index contributed by atoms with van der Waals surface area (Å²) in [5.74, 6) is 2.87. The molecule has 1 amide bonds. The van der Waals surface area contributed by atoms with Crippen molar-refractivity contribution in [2.45, 2.75) is 46.1 Å². The number of halogens is 1. The van der Waals surface area contributed by atoms with E-state index in [-0.39, 0.29) is 5.91 Å². The fourth-order valence-electron chi connectivity index (χ4n) is 4.65. The molecule has 1 N–H and O–H groups in total. The van der Waals surface area contributed by atoms with E-state index in [0.717, 1.165) is 71.0 Å². The maximum Gasteiger partial charge on any atom is 0.251 e. The summed E-state index contributed by atoms with van der Waals surface area (Å²) in [5, 5.41) is 3.79. The van der Waals surface area contributed by atoms with Gasteiger partial charge >= 0.3 is 0 Å². The SMILES string of the molecule is COc1ccc(C(=O)NCCCc2nc3ccccc3n2CCCCOc2cc(C)c(Cl)c(C)c2)cc1OC. The predicted octanol–water partition coefficient (Wildman–Crippen LogP) is 6.55. The molecule has 4 aromatic rings. The highest BCUT2D eigenvalue weighted by Gasteiger charge is 2.13. The summed E-state index contributed by atoms with van der Waals surface area (Å²) in [4.78, 5) is 17.5. The van der Waals surface area contributed by atoms with Crippen molar-refractivity contribution >= 4 is 28.5 Å². The van der Waals surface area contributed by atoms with Crippen LogP contribution >= 0.6 is 11.6 Å². The van der Waals surface area contributed by atoms with Gasteiger partial charge < -0.3 is 24.1 Å². The number of para-hydroxylation sites is 2. The molecule has 8 heteroatoms. The van der Waals surface area contributed by atoms with Gasteiger partial charge in [-0.3, -0.25) is 4.79 Å². The van der Waals surface area contributed by atoms with Crippen LogP contribution in [0.1, 0.15) is 46.6 Å². The third-order valence-corrected chi connectivity index (χ3v) is 7.29. The largest absolute Gasteiger partial charge is 0.494 e. The molecule has 4 rings (SSSR count). The Morgan fingerprint density at radius 1 is 0.949 bits per heavy atom. The number of ether oxygens (including phenoxy) is 3. The summed E-state index contributed by atoms with van der Waals surface area (Å²) in [6.07, 6.45) is 3.43. The molecule has 0 saturated carbocycles. The van der Waals surface area contributed by atoms with E-state index >= 15 is 0 Å². The second kappa shape index (κ2) is 13.4. The number of nitrogens with zero attached hydrogens (tertiary/aromatic N) is 2. The van der Waals surface area contributed by atoms with E-state index in [2.05, 4.69) is 16.0 Å². The number of benzene rings is 3. The summed E-state index contributed by atoms with van der Waals surface area (Å²) in [6.45, 7) is 6.04. The van der Waals surface area contributed by atoms with Crippen molar-refractivity contribution in [3.8, 4) is 17.2 Å². The normalized spacial score (nSPS) is 11.0. The van der Waals surface area contributed by atoms with Crippen LogP contribution in [0.4, 0.5) is 0 Å². The van der Waals surface area contributed by atoms with Crippen molar-refractivity contribution in [3.63, 3.8) is 0 Å². The number of imidazole rings is 1. The fraction of sp³-hybridized carbons (Fsp3) is 0.355. The molecule has 0 fully saturated rings. The Bertz CT molecular complexity index is 1410. The molecule has 0 aliphatic heterocycles. The Hall–Kier alpha value is -3.71. The van der Waals surface area contributed by atoms with Crippen LogP contribution in [0.3, 0.4) is 0 Å². The highest BCUT2D eigenvalue weighted by Crippen LogP contribution is 2.28. The first-order valence-electron chi connectivity index (χ1n) is 13.2. The molecular formula is C31H36ClN3O4. The highest BCUT2D eigenvalue weighted by molar-refractivity contribution is 6.32. The number of hydrogen-bond donors (Lipinski definition) is 1. The number of rotatable bonds is 13. The van der Waals surface area contributed by atoms with Crippen LogP contribution in [0.2, 0.25) is 5.02 Å². The number of carbonyl (C=O) groups excluding carboxylic acids is 1. The highest BCUT2D eigenvalue weighted by atomic mass is 35.5. The van der Waals surface area contributed by atoms with Crippen molar-refractivity contribution < 1.29 is 19.0 Å². The first-order valence-corrected chi connectivity index (χ1v) is 13.6. The number of hydrogen-bond acceptors (Lipinski definition) is 5. The lowest BCUT2D eigenvalue weighted by Crippen LogP contribution is -2.25. The van der Waals surface area contributed by atoms with Crippen LogP contribution < -0.4 is 19.5 Å². The van der Waals surface area contributed by atoms with Gasteiger partial charge in [-0.05, 0) is 86.7 Å². The Balaban J connectivity index is 1.30. The van der Waals surface area contributed by atoms with Gasteiger partial charge in [-0.15, -0.1) is 0 Å². The molecule has 0 unspecified atom stereocenters. The number of methoxy groups -OCH3 is 2. The number of fused-ring (bicyclic) bond motifs is 1. The molecule has 0 bridgehead atoms. The predicted molar refractivity (Wildman–Crippen MR) is 156 cm³/mol. The van der Waals surface area contributed by atoms with Crippen LogP contribution in [0, 0.1) is 13.8 Å². The monoisotopic (exact) mass is 549 g/mol. The molecular weight excluding hydrogens is 514 g/mol. The van der Waals surface area contributed by atoms with Gasteiger partial charge in [0.1, 0.15) is 11.6 Å². The zero-order valence-corrected chi connectivity index (χ0v) is 23.8. The molecule has 1 heterocycles. The third-order valence-electron chi connectivity index (χ3n) is 6.70. The van der Waals surface area contributed by atoms with Crippen molar-refractivity contribution in [1.29, 1.82) is 0 Å². The molecule has 206 valence electrons. The molecule has 0 radical (unpaired) electrons. The second-order valence-electron chi connectivity index (χ2n) is 9.52. The average Bonchev–Trinajstić information content (AvgIpc) is 3.30. The van der Waals surface area contributed by atoms with Gasteiger partial charge in [0.15, 0.2) is 11.5 Å². The van der Waals surface area contributed by atoms with E-state index in [0.29, 0.717) is 30.2 Å². The number of aryl methyl sites for hydroxylation is 4. The summed E-state index contributed by atoms with van der Waals surface area (Å²) in [7, 11) is 3.13. The van der Waals surface area contributed by atoms with Gasteiger partial charge in [0, 0.05) is 30.1 Å². The molecule has 0 aliphatic rings. The zero-order chi connectivity index (χ0) is 27.8. The maximum absolute atomic E-state index is 12.6. The van der Waals surface area contributed by atoms with Gasteiger partial charge in [0.05, 0.1) is 31.9 Å². The van der Waals surface area contributed by atoms with Crippen LogP contribution in [0.5, 0.6) is 17.2 Å². The van der Waals surface area contributed by atoms with Crippen molar-refractivity contribution in [3.05, 3.63) is 82.1 Å². The number of carbonyl (C=O) groups is 1. The molecule has 7 nitrogen and oxygen atoms in total. The van der Waals surface area contributed by atoms with E-state index in [1.807, 2.05) is 44.2 Å². The lowest BCUT2D eigenvalue weighted by Gasteiger charge is -2.12. The summed E-state index contributed by atoms with van der Waals surface area (Å²) in [5.41, 5.74) is 4.71. The number of aromatic nitrogens is 2. The maximum atomic E-state index is 12.6. The number of amides is 1. The molecule has 3 aromatic carbocycles. The minimum absolute atomic E-state index is 0.143. The molecule has 39 heavy (non-hydrogen) atoms. The van der Waals surface area contributed by atoms with Crippen LogP contribution in [0.25, 0.3) is 11.0 Å². The zero-order valence-electron chi connectivity index (χ0n) is 23.1. The number of nitrogens with one attached hydrogen (secondary N) is 1. The van der Waals surface area contributed by atoms with Crippen molar-refractivity contribution in [2.24, 2.45) is 0 Å².